The highest BCUT2D eigenvalue weighted by atomic mass is 16.2. The highest BCUT2D eigenvalue weighted by Gasteiger charge is 2.47. The Morgan fingerprint density at radius 2 is 1.77 bits per heavy atom. The number of amides is 3. The third-order valence-corrected chi connectivity index (χ3v) is 6.77. The zero-order valence-electron chi connectivity index (χ0n) is 19.1. The van der Waals surface area contributed by atoms with Crippen molar-refractivity contribution in [3.05, 3.63) is 35.9 Å². The average molecular weight is 415 g/mol. The number of likely N-dealkylation sites (tertiary alicyclic amines) is 2. The molecule has 1 aromatic rings. The fraction of sp³-hybridized carbons (Fsp3) is 0.667. The molecule has 1 spiro atoms. The van der Waals surface area contributed by atoms with Gasteiger partial charge in [0, 0.05) is 39.3 Å². The molecule has 1 unspecified atom stereocenters. The minimum absolute atomic E-state index is 0.0315. The lowest BCUT2D eigenvalue weighted by Crippen LogP contribution is -2.62. The van der Waals surface area contributed by atoms with E-state index < -0.39 is 0 Å². The van der Waals surface area contributed by atoms with Gasteiger partial charge in [-0.05, 0) is 62.2 Å². The first kappa shape index (κ1) is 22.6. The van der Waals surface area contributed by atoms with Gasteiger partial charge in [0.2, 0.25) is 0 Å². The summed E-state index contributed by atoms with van der Waals surface area (Å²) in [5.41, 5.74) is 0.811. The molecule has 0 bridgehead atoms. The van der Waals surface area contributed by atoms with Crippen molar-refractivity contribution in [3.63, 3.8) is 0 Å². The van der Waals surface area contributed by atoms with Gasteiger partial charge in [-0.2, -0.15) is 0 Å². The summed E-state index contributed by atoms with van der Waals surface area (Å²) in [6.07, 6.45) is 4.33. The molecule has 2 saturated heterocycles. The number of hydrogen-bond donors (Lipinski definition) is 1. The molecule has 0 radical (unpaired) electrons. The third kappa shape index (κ3) is 5.15. The van der Waals surface area contributed by atoms with Crippen LogP contribution in [0, 0.1) is 11.3 Å². The SMILES string of the molecule is CC(C)CN1CCC2(CCCN(C(=O)c3ccccc3)C2CNC(=O)N(C)C)CC1. The Morgan fingerprint density at radius 3 is 2.37 bits per heavy atom. The van der Waals surface area contributed by atoms with Crippen LogP contribution in [-0.4, -0.2) is 79.5 Å². The molecule has 2 aliphatic rings. The van der Waals surface area contributed by atoms with Gasteiger partial charge in [-0.25, -0.2) is 4.79 Å². The number of hydrogen-bond acceptors (Lipinski definition) is 3. The predicted molar refractivity (Wildman–Crippen MR) is 121 cm³/mol. The lowest BCUT2D eigenvalue weighted by atomic mass is 9.66. The minimum Gasteiger partial charge on any atom is -0.336 e. The van der Waals surface area contributed by atoms with Crippen LogP contribution in [0.5, 0.6) is 0 Å². The molecule has 6 heteroatoms. The van der Waals surface area contributed by atoms with Crippen molar-refractivity contribution < 1.29 is 9.59 Å². The van der Waals surface area contributed by atoms with Crippen molar-refractivity contribution in [2.75, 3.05) is 46.8 Å². The first-order valence-corrected chi connectivity index (χ1v) is 11.4. The maximum atomic E-state index is 13.4. The van der Waals surface area contributed by atoms with Crippen molar-refractivity contribution in [2.24, 2.45) is 11.3 Å². The van der Waals surface area contributed by atoms with Crippen LogP contribution < -0.4 is 5.32 Å². The number of benzene rings is 1. The number of nitrogens with one attached hydrogen (secondary N) is 1. The minimum atomic E-state index is -0.0972. The van der Waals surface area contributed by atoms with Crippen LogP contribution in [0.1, 0.15) is 49.9 Å². The molecule has 2 fully saturated rings. The summed E-state index contributed by atoms with van der Waals surface area (Å²) >= 11 is 0. The molecule has 2 aliphatic heterocycles. The van der Waals surface area contributed by atoms with Gasteiger partial charge in [0.25, 0.3) is 5.91 Å². The first-order valence-electron chi connectivity index (χ1n) is 11.4. The molecule has 1 atom stereocenters. The van der Waals surface area contributed by atoms with Crippen molar-refractivity contribution >= 4 is 11.9 Å². The first-order chi connectivity index (χ1) is 14.3. The topological polar surface area (TPSA) is 55.9 Å². The lowest BCUT2D eigenvalue weighted by molar-refractivity contribution is -0.0234. The summed E-state index contributed by atoms with van der Waals surface area (Å²) in [4.78, 5) is 31.9. The molecule has 2 heterocycles. The number of nitrogens with zero attached hydrogens (tertiary/aromatic N) is 3. The molecule has 0 aromatic heterocycles. The number of carbonyl (C=O) groups excluding carboxylic acids is 2. The molecule has 0 saturated carbocycles. The summed E-state index contributed by atoms with van der Waals surface area (Å²) in [6.45, 7) is 9.08. The molecule has 3 amide bonds. The second-order valence-corrected chi connectivity index (χ2v) is 9.62. The number of piperidine rings is 2. The van der Waals surface area contributed by atoms with Gasteiger partial charge < -0.3 is 20.0 Å². The van der Waals surface area contributed by atoms with Gasteiger partial charge in [0.15, 0.2) is 0 Å². The van der Waals surface area contributed by atoms with Crippen molar-refractivity contribution in [3.8, 4) is 0 Å². The van der Waals surface area contributed by atoms with Crippen LogP contribution in [0.2, 0.25) is 0 Å². The Morgan fingerprint density at radius 1 is 1.10 bits per heavy atom. The average Bonchev–Trinajstić information content (AvgIpc) is 2.74. The van der Waals surface area contributed by atoms with Crippen molar-refractivity contribution in [1.82, 2.24) is 20.0 Å². The van der Waals surface area contributed by atoms with Gasteiger partial charge in [-0.15, -0.1) is 0 Å². The van der Waals surface area contributed by atoms with Crippen LogP contribution in [-0.2, 0) is 0 Å². The van der Waals surface area contributed by atoms with E-state index in [4.69, 9.17) is 0 Å². The van der Waals surface area contributed by atoms with E-state index in [2.05, 4.69) is 24.1 Å². The number of carbonyl (C=O) groups is 2. The van der Waals surface area contributed by atoms with E-state index >= 15 is 0 Å². The smallest absolute Gasteiger partial charge is 0.316 e. The quantitative estimate of drug-likeness (QED) is 0.804. The van der Waals surface area contributed by atoms with Crippen molar-refractivity contribution in [1.29, 1.82) is 0 Å². The van der Waals surface area contributed by atoms with E-state index in [0.717, 1.165) is 57.4 Å². The van der Waals surface area contributed by atoms with Gasteiger partial charge >= 0.3 is 6.03 Å². The second-order valence-electron chi connectivity index (χ2n) is 9.62. The van der Waals surface area contributed by atoms with E-state index in [0.29, 0.717) is 12.5 Å². The highest BCUT2D eigenvalue weighted by Crippen LogP contribution is 2.45. The zero-order chi connectivity index (χ0) is 21.7. The molecule has 3 rings (SSSR count). The molecule has 1 N–H and O–H groups in total. The lowest BCUT2D eigenvalue weighted by Gasteiger charge is -2.53. The summed E-state index contributed by atoms with van der Waals surface area (Å²) in [7, 11) is 3.51. The highest BCUT2D eigenvalue weighted by molar-refractivity contribution is 5.94. The van der Waals surface area contributed by atoms with Crippen LogP contribution in [0.15, 0.2) is 30.3 Å². The van der Waals surface area contributed by atoms with E-state index in [1.54, 1.807) is 19.0 Å². The van der Waals surface area contributed by atoms with Gasteiger partial charge in [-0.1, -0.05) is 32.0 Å². The van der Waals surface area contributed by atoms with Crippen LogP contribution in [0.3, 0.4) is 0 Å². The zero-order valence-corrected chi connectivity index (χ0v) is 19.1. The summed E-state index contributed by atoms with van der Waals surface area (Å²) in [5, 5.41) is 3.08. The molecule has 0 aliphatic carbocycles. The summed E-state index contributed by atoms with van der Waals surface area (Å²) < 4.78 is 0. The van der Waals surface area contributed by atoms with Crippen LogP contribution >= 0.6 is 0 Å². The predicted octanol–water partition coefficient (Wildman–Crippen LogP) is 3.30. The summed E-state index contributed by atoms with van der Waals surface area (Å²) in [5.74, 6) is 0.750. The maximum absolute atomic E-state index is 13.4. The third-order valence-electron chi connectivity index (χ3n) is 6.77. The van der Waals surface area contributed by atoms with Gasteiger partial charge in [0.05, 0.1) is 6.04 Å². The molecular weight excluding hydrogens is 376 g/mol. The molecular formula is C24H38N4O2. The maximum Gasteiger partial charge on any atom is 0.316 e. The van der Waals surface area contributed by atoms with E-state index in [1.807, 2.05) is 35.2 Å². The van der Waals surface area contributed by atoms with E-state index in [-0.39, 0.29) is 23.4 Å². The Labute approximate surface area is 181 Å². The van der Waals surface area contributed by atoms with Gasteiger partial charge in [-0.3, -0.25) is 4.79 Å². The van der Waals surface area contributed by atoms with Crippen LogP contribution in [0.25, 0.3) is 0 Å². The van der Waals surface area contributed by atoms with E-state index in [9.17, 15) is 9.59 Å². The number of urea groups is 1. The normalized spacial score (nSPS) is 21.6. The molecule has 30 heavy (non-hydrogen) atoms. The Kier molecular flexibility index (Phi) is 7.40. The van der Waals surface area contributed by atoms with E-state index in [1.165, 1.54) is 0 Å². The fourth-order valence-corrected chi connectivity index (χ4v) is 5.19. The standard InChI is InChI=1S/C24H38N4O2/c1-19(2)18-27-15-12-24(13-16-27)11-8-14-28(21(24)17-25-23(30)26(3)4)22(29)20-9-6-5-7-10-20/h5-7,9-10,19,21H,8,11-18H2,1-4H3,(H,25,30). The Balaban J connectivity index is 1.81. The van der Waals surface area contributed by atoms with Crippen molar-refractivity contribution in [2.45, 2.75) is 45.6 Å². The number of rotatable bonds is 5. The largest absolute Gasteiger partial charge is 0.336 e. The van der Waals surface area contributed by atoms with Crippen LogP contribution in [0.4, 0.5) is 4.79 Å². The Bertz CT molecular complexity index is 711. The molecule has 1 aromatic carbocycles. The summed E-state index contributed by atoms with van der Waals surface area (Å²) in [6, 6.07) is 9.49. The van der Waals surface area contributed by atoms with Gasteiger partial charge in [0.1, 0.15) is 0 Å². The monoisotopic (exact) mass is 414 g/mol. The molecule has 166 valence electrons. The molecule has 6 nitrogen and oxygen atoms in total. The second kappa shape index (κ2) is 9.82. The fourth-order valence-electron chi connectivity index (χ4n) is 5.19. The Hall–Kier alpha value is -2.08.